The average molecular weight is 620 g/mol. The largest absolute Gasteiger partial charge is 0.505 e. The van der Waals surface area contributed by atoms with Gasteiger partial charge in [0.25, 0.3) is 11.8 Å². The summed E-state index contributed by atoms with van der Waals surface area (Å²) >= 11 is 6.23. The van der Waals surface area contributed by atoms with E-state index in [1.54, 1.807) is 30.3 Å². The standard InChI is InChI=1S/C31H24ClF2N5O5/c1-36-29(43)37-13-12-21-24(39(37)30(36)44)15-22-27(41)38(35-20-9-7-19(33)8-10-20)28(42)31(22,17-3-5-18(32)6-4-17)26(21)16-2-11-25(40)23(34)14-16/h2-12,14,22,24,26,35,40H,13,15H2,1H3/t22-,24+,26-,31+/m0/s1. The van der Waals surface area contributed by atoms with Gasteiger partial charge < -0.3 is 5.11 Å². The Morgan fingerprint density at radius 3 is 2.34 bits per heavy atom. The van der Waals surface area contributed by atoms with Gasteiger partial charge in [-0.3, -0.25) is 15.0 Å². The predicted octanol–water partition coefficient (Wildman–Crippen LogP) is 3.60. The molecule has 1 saturated carbocycles. The van der Waals surface area contributed by atoms with Crippen LogP contribution in [0.2, 0.25) is 5.02 Å². The molecule has 3 aliphatic rings. The van der Waals surface area contributed by atoms with Crippen molar-refractivity contribution in [2.24, 2.45) is 13.0 Å². The van der Waals surface area contributed by atoms with Crippen molar-refractivity contribution in [1.82, 2.24) is 18.9 Å². The molecule has 2 fully saturated rings. The van der Waals surface area contributed by atoms with Gasteiger partial charge in [-0.2, -0.15) is 5.01 Å². The Morgan fingerprint density at radius 2 is 1.66 bits per heavy atom. The number of hydrogen-bond acceptors (Lipinski definition) is 6. The number of amides is 2. The number of imide groups is 1. The summed E-state index contributed by atoms with van der Waals surface area (Å²) in [5.74, 6) is -5.45. The molecular weight excluding hydrogens is 596 g/mol. The summed E-state index contributed by atoms with van der Waals surface area (Å²) < 4.78 is 32.2. The highest BCUT2D eigenvalue weighted by Gasteiger charge is 2.68. The number of allylic oxidation sites excluding steroid dienone is 2. The number of benzene rings is 3. The van der Waals surface area contributed by atoms with Crippen LogP contribution in [-0.4, -0.2) is 35.9 Å². The second kappa shape index (κ2) is 9.78. The van der Waals surface area contributed by atoms with Gasteiger partial charge >= 0.3 is 11.4 Å². The molecule has 1 aliphatic carbocycles. The fourth-order valence-electron chi connectivity index (χ4n) is 7.10. The maximum atomic E-state index is 15.0. The number of aromatic nitrogens is 3. The molecule has 10 nitrogen and oxygen atoms in total. The molecule has 0 bridgehead atoms. The van der Waals surface area contributed by atoms with E-state index in [1.807, 2.05) is 0 Å². The van der Waals surface area contributed by atoms with Crippen molar-refractivity contribution >= 4 is 29.1 Å². The number of fused-ring (bicyclic) bond motifs is 4. The Hall–Kier alpha value is -4.97. The molecule has 2 amide bonds. The number of phenolic OH excluding ortho intramolecular Hbond substituents is 1. The smallest absolute Gasteiger partial charge is 0.347 e. The van der Waals surface area contributed by atoms with Crippen LogP contribution >= 0.6 is 11.6 Å². The molecule has 44 heavy (non-hydrogen) atoms. The molecule has 1 aromatic heterocycles. The van der Waals surface area contributed by atoms with Crippen molar-refractivity contribution in [3.05, 3.63) is 127 Å². The number of carbonyl (C=O) groups excluding carboxylic acids is 2. The quantitative estimate of drug-likeness (QED) is 0.266. The van der Waals surface area contributed by atoms with E-state index in [0.717, 1.165) is 15.6 Å². The van der Waals surface area contributed by atoms with Crippen LogP contribution in [-0.2, 0) is 28.6 Å². The third kappa shape index (κ3) is 3.76. The van der Waals surface area contributed by atoms with Crippen molar-refractivity contribution in [3.8, 4) is 5.75 Å². The first-order valence-electron chi connectivity index (χ1n) is 13.8. The zero-order valence-corrected chi connectivity index (χ0v) is 23.8. The van der Waals surface area contributed by atoms with Gasteiger partial charge in [0.1, 0.15) is 5.82 Å². The van der Waals surface area contributed by atoms with Crippen molar-refractivity contribution in [2.45, 2.75) is 30.3 Å². The normalized spacial score (nSPS) is 24.0. The first kappa shape index (κ1) is 27.8. The van der Waals surface area contributed by atoms with Gasteiger partial charge in [-0.05, 0) is 71.7 Å². The minimum absolute atomic E-state index is 0.00113. The van der Waals surface area contributed by atoms with Crippen LogP contribution < -0.4 is 16.8 Å². The maximum absolute atomic E-state index is 15.0. The molecule has 2 N–H and O–H groups in total. The van der Waals surface area contributed by atoms with Crippen molar-refractivity contribution in [3.63, 3.8) is 0 Å². The van der Waals surface area contributed by atoms with Gasteiger partial charge in [0.15, 0.2) is 11.6 Å². The molecular formula is C31H24ClF2N5O5. The molecule has 2 aliphatic heterocycles. The molecule has 13 heteroatoms. The fraction of sp³-hybridized carbons (Fsp3) is 0.226. The third-order valence-corrected chi connectivity index (χ3v) is 9.27. The second-order valence-corrected chi connectivity index (χ2v) is 11.6. The fourth-order valence-corrected chi connectivity index (χ4v) is 7.23. The van der Waals surface area contributed by atoms with Crippen LogP contribution in [0.5, 0.6) is 5.75 Å². The highest BCUT2D eigenvalue weighted by molar-refractivity contribution is 6.30. The number of aromatic hydroxyl groups is 1. The molecule has 4 atom stereocenters. The van der Waals surface area contributed by atoms with E-state index in [2.05, 4.69) is 5.43 Å². The van der Waals surface area contributed by atoms with E-state index in [9.17, 15) is 28.7 Å². The maximum Gasteiger partial charge on any atom is 0.347 e. The van der Waals surface area contributed by atoms with Gasteiger partial charge in [-0.1, -0.05) is 35.9 Å². The van der Waals surface area contributed by atoms with Gasteiger partial charge in [0.2, 0.25) is 0 Å². The van der Waals surface area contributed by atoms with E-state index in [4.69, 9.17) is 11.6 Å². The van der Waals surface area contributed by atoms with Crippen LogP contribution in [0.25, 0.3) is 0 Å². The molecule has 224 valence electrons. The van der Waals surface area contributed by atoms with Gasteiger partial charge in [0, 0.05) is 18.0 Å². The number of carbonyl (C=O) groups is 2. The Balaban J connectivity index is 1.51. The summed E-state index contributed by atoms with van der Waals surface area (Å²) in [7, 11) is 1.36. The van der Waals surface area contributed by atoms with Crippen LogP contribution in [0.3, 0.4) is 0 Å². The Morgan fingerprint density at radius 1 is 0.955 bits per heavy atom. The summed E-state index contributed by atoms with van der Waals surface area (Å²) in [4.78, 5) is 55.5. The highest BCUT2D eigenvalue weighted by atomic mass is 35.5. The summed E-state index contributed by atoms with van der Waals surface area (Å²) in [6.45, 7) is -0.00113. The monoisotopic (exact) mass is 619 g/mol. The molecule has 0 radical (unpaired) electrons. The van der Waals surface area contributed by atoms with E-state index in [0.29, 0.717) is 16.2 Å². The van der Waals surface area contributed by atoms with Crippen LogP contribution in [0.15, 0.2) is 88.0 Å². The summed E-state index contributed by atoms with van der Waals surface area (Å²) in [6.07, 6.45) is 1.70. The number of anilines is 1. The summed E-state index contributed by atoms with van der Waals surface area (Å²) in [6, 6.07) is 14.5. The van der Waals surface area contributed by atoms with Crippen molar-refractivity contribution in [2.75, 3.05) is 5.43 Å². The van der Waals surface area contributed by atoms with Crippen LogP contribution in [0, 0.1) is 17.6 Å². The van der Waals surface area contributed by atoms with E-state index < -0.39 is 63.9 Å². The molecule has 3 aromatic carbocycles. The number of hydrazine groups is 1. The molecule has 7 rings (SSSR count). The number of nitrogens with zero attached hydrogens (tertiary/aromatic N) is 4. The van der Waals surface area contributed by atoms with E-state index in [1.165, 1.54) is 52.8 Å². The first-order chi connectivity index (χ1) is 21.0. The Labute approximate surface area is 253 Å². The van der Waals surface area contributed by atoms with E-state index >= 15 is 4.39 Å². The summed E-state index contributed by atoms with van der Waals surface area (Å²) in [5.41, 5.74) is 1.54. The number of rotatable bonds is 4. The average Bonchev–Trinajstić information content (AvgIpc) is 3.36. The highest BCUT2D eigenvalue weighted by Crippen LogP contribution is 2.62. The molecule has 0 unspecified atom stereocenters. The zero-order chi connectivity index (χ0) is 31.1. The Kier molecular flexibility index (Phi) is 6.19. The number of halogens is 3. The van der Waals surface area contributed by atoms with Crippen molar-refractivity contribution < 1.29 is 23.5 Å². The number of nitrogens with one attached hydrogen (secondary N) is 1. The third-order valence-electron chi connectivity index (χ3n) is 9.02. The van der Waals surface area contributed by atoms with Crippen LogP contribution in [0.1, 0.15) is 29.5 Å². The van der Waals surface area contributed by atoms with Gasteiger partial charge in [-0.25, -0.2) is 32.3 Å². The lowest BCUT2D eigenvalue weighted by Crippen LogP contribution is -2.53. The van der Waals surface area contributed by atoms with E-state index in [-0.39, 0.29) is 24.2 Å². The zero-order valence-electron chi connectivity index (χ0n) is 23.1. The molecule has 0 spiro atoms. The Bertz CT molecular complexity index is 2020. The molecule has 4 aromatic rings. The lowest BCUT2D eigenvalue weighted by molar-refractivity contribution is -0.138. The SMILES string of the molecule is Cn1c(=O)n2n(c1=O)[C@@H]1C[C@H]3C(=O)N(Nc4ccc(F)cc4)C(=O)[C@@]3(c3ccc(Cl)cc3)[C@@H](c3ccc(O)c(F)c3)C1=CC2. The lowest BCUT2D eigenvalue weighted by Gasteiger charge is -2.49. The minimum Gasteiger partial charge on any atom is -0.505 e. The lowest BCUT2D eigenvalue weighted by atomic mass is 9.53. The first-order valence-corrected chi connectivity index (χ1v) is 14.1. The summed E-state index contributed by atoms with van der Waals surface area (Å²) in [5, 5.41) is 11.3. The predicted molar refractivity (Wildman–Crippen MR) is 155 cm³/mol. The number of phenols is 1. The molecule has 3 heterocycles. The minimum atomic E-state index is -1.67. The number of hydrogen-bond donors (Lipinski definition) is 2. The topological polar surface area (TPSA) is 119 Å². The van der Waals surface area contributed by atoms with Gasteiger partial charge in [0.05, 0.1) is 29.6 Å². The molecule has 1 saturated heterocycles. The van der Waals surface area contributed by atoms with Crippen LogP contribution in [0.4, 0.5) is 14.5 Å². The van der Waals surface area contributed by atoms with Gasteiger partial charge in [-0.15, -0.1) is 0 Å². The van der Waals surface area contributed by atoms with Crippen molar-refractivity contribution in [1.29, 1.82) is 0 Å². The second-order valence-electron chi connectivity index (χ2n) is 11.2.